The molecule has 0 aromatic carbocycles. The molecule has 0 spiro atoms. The van der Waals surface area contributed by atoms with E-state index < -0.39 is 36.7 Å². The lowest BCUT2D eigenvalue weighted by atomic mass is 9.83. The van der Waals surface area contributed by atoms with Crippen molar-refractivity contribution in [1.29, 1.82) is 0 Å². The first-order valence-electron chi connectivity index (χ1n) is 7.98. The maximum absolute atomic E-state index is 11.9. The van der Waals surface area contributed by atoms with Crippen LogP contribution in [-0.4, -0.2) is 55.7 Å². The van der Waals surface area contributed by atoms with E-state index in [1.54, 1.807) is 13.0 Å². The van der Waals surface area contributed by atoms with Crippen LogP contribution in [0, 0.1) is 0 Å². The lowest BCUT2D eigenvalue weighted by molar-refractivity contribution is -0.218. The molecular formula is C16H25BrO5Si. The average molecular weight is 405 g/mol. The number of ketones is 1. The van der Waals surface area contributed by atoms with Crippen LogP contribution in [0.5, 0.6) is 0 Å². The van der Waals surface area contributed by atoms with E-state index in [1.165, 1.54) is 6.08 Å². The maximum atomic E-state index is 11.9. The van der Waals surface area contributed by atoms with Crippen molar-refractivity contribution in [2.24, 2.45) is 0 Å². The zero-order valence-corrected chi connectivity index (χ0v) is 16.7. The van der Waals surface area contributed by atoms with Gasteiger partial charge in [-0.25, -0.2) is 4.79 Å². The van der Waals surface area contributed by atoms with Crippen LogP contribution in [0.15, 0.2) is 12.2 Å². The largest absolute Gasteiger partial charge is 0.450 e. The van der Waals surface area contributed by atoms with Crippen molar-refractivity contribution in [1.82, 2.24) is 0 Å². The molecule has 0 amide bonds. The summed E-state index contributed by atoms with van der Waals surface area (Å²) in [6.07, 6.45) is 2.41. The Hall–Kier alpha value is -0.503. The first-order valence-corrected chi connectivity index (χ1v) is 12.6. The third-order valence-electron chi connectivity index (χ3n) is 4.16. The number of esters is 1. The number of carbonyl (C=O) groups excluding carboxylic acids is 2. The van der Waals surface area contributed by atoms with Gasteiger partial charge >= 0.3 is 5.97 Å². The van der Waals surface area contributed by atoms with E-state index >= 15 is 0 Å². The third-order valence-corrected chi connectivity index (χ3v) is 6.79. The predicted molar refractivity (Wildman–Crippen MR) is 93.6 cm³/mol. The number of alkyl halides is 1. The number of fused-ring (bicyclic) bond motifs is 1. The molecule has 0 saturated carbocycles. The Morgan fingerprint density at radius 2 is 2.00 bits per heavy atom. The molecular weight excluding hydrogens is 380 g/mol. The van der Waals surface area contributed by atoms with Gasteiger partial charge in [0.15, 0.2) is 17.5 Å². The van der Waals surface area contributed by atoms with Crippen molar-refractivity contribution in [2.75, 3.05) is 13.2 Å². The minimum absolute atomic E-state index is 0.0737. The Labute approximate surface area is 146 Å². The molecule has 5 nitrogen and oxygen atoms in total. The summed E-state index contributed by atoms with van der Waals surface area (Å²) in [5, 5.41) is 0. The molecule has 0 bridgehead atoms. The van der Waals surface area contributed by atoms with Crippen molar-refractivity contribution in [3.8, 4) is 0 Å². The summed E-state index contributed by atoms with van der Waals surface area (Å²) < 4.78 is 17.1. The van der Waals surface area contributed by atoms with Gasteiger partial charge in [-0.05, 0) is 25.1 Å². The van der Waals surface area contributed by atoms with Gasteiger partial charge < -0.3 is 14.2 Å². The van der Waals surface area contributed by atoms with Gasteiger partial charge in [0, 0.05) is 21.1 Å². The minimum Gasteiger partial charge on any atom is -0.450 e. The van der Waals surface area contributed by atoms with Gasteiger partial charge in [0.1, 0.15) is 10.9 Å². The summed E-state index contributed by atoms with van der Waals surface area (Å²) in [6, 6.07) is 1.09. The Bertz CT molecular complexity index is 501. The van der Waals surface area contributed by atoms with Crippen molar-refractivity contribution < 1.29 is 23.8 Å². The molecule has 23 heavy (non-hydrogen) atoms. The predicted octanol–water partition coefficient (Wildman–Crippen LogP) is 2.70. The Morgan fingerprint density at radius 3 is 2.65 bits per heavy atom. The van der Waals surface area contributed by atoms with Crippen molar-refractivity contribution in [3.05, 3.63) is 12.2 Å². The van der Waals surface area contributed by atoms with Gasteiger partial charge in [0.05, 0.1) is 6.61 Å². The normalized spacial score (nSPS) is 34.2. The van der Waals surface area contributed by atoms with E-state index in [0.717, 1.165) is 6.04 Å². The van der Waals surface area contributed by atoms with Gasteiger partial charge in [-0.3, -0.25) is 4.79 Å². The summed E-state index contributed by atoms with van der Waals surface area (Å²) in [7, 11) is -1.12. The monoisotopic (exact) mass is 404 g/mol. The van der Waals surface area contributed by atoms with E-state index in [4.69, 9.17) is 14.2 Å². The van der Waals surface area contributed by atoms with Crippen molar-refractivity contribution in [2.45, 2.75) is 61.7 Å². The van der Waals surface area contributed by atoms with Crippen LogP contribution in [0.3, 0.4) is 0 Å². The van der Waals surface area contributed by atoms with Crippen LogP contribution in [0.4, 0.5) is 0 Å². The molecule has 0 radical (unpaired) electrons. The fraction of sp³-hybridized carbons (Fsp3) is 0.750. The molecule has 1 heterocycles. The molecule has 0 N–H and O–H groups in total. The van der Waals surface area contributed by atoms with Crippen LogP contribution in [0.25, 0.3) is 0 Å². The van der Waals surface area contributed by atoms with Gasteiger partial charge in [-0.1, -0.05) is 35.6 Å². The quantitative estimate of drug-likeness (QED) is 0.294. The van der Waals surface area contributed by atoms with E-state index in [-0.39, 0.29) is 5.78 Å². The zero-order valence-electron chi connectivity index (χ0n) is 14.1. The highest BCUT2D eigenvalue weighted by Crippen LogP contribution is 2.38. The molecule has 4 atom stereocenters. The zero-order chi connectivity index (χ0) is 17.3. The van der Waals surface area contributed by atoms with Crippen LogP contribution in [0.1, 0.15) is 13.3 Å². The van der Waals surface area contributed by atoms with E-state index in [1.807, 2.05) is 0 Å². The summed E-state index contributed by atoms with van der Waals surface area (Å²) in [4.78, 5) is 23.3. The second-order valence-corrected chi connectivity index (χ2v) is 14.0. The molecule has 130 valence electrons. The number of hydrogen-bond acceptors (Lipinski definition) is 5. The number of ether oxygens (including phenoxy) is 3. The molecule has 1 fully saturated rings. The van der Waals surface area contributed by atoms with Crippen LogP contribution in [-0.2, 0) is 23.8 Å². The summed E-state index contributed by atoms with van der Waals surface area (Å²) in [6.45, 7) is 9.71. The highest BCUT2D eigenvalue weighted by molar-refractivity contribution is 9.10. The summed E-state index contributed by atoms with van der Waals surface area (Å²) >= 11 is 3.37. The number of rotatable bonds is 6. The highest BCUT2D eigenvalue weighted by Gasteiger charge is 2.53. The fourth-order valence-electron chi connectivity index (χ4n) is 2.62. The molecule has 1 aliphatic heterocycles. The summed E-state index contributed by atoms with van der Waals surface area (Å²) in [5.41, 5.74) is -0.926. The Balaban J connectivity index is 2.01. The SMILES string of the molecule is C[C@@H]1O[C@@H]2[C@@H](Br)C(=O)C=C[C@@]2(CCOCC[Si](C)(C)C)OC1=O. The van der Waals surface area contributed by atoms with Crippen LogP contribution in [0.2, 0.25) is 25.7 Å². The molecule has 0 aromatic heterocycles. The maximum Gasteiger partial charge on any atom is 0.335 e. The van der Waals surface area contributed by atoms with Gasteiger partial charge in [0.25, 0.3) is 0 Å². The topological polar surface area (TPSA) is 61.8 Å². The molecule has 7 heteroatoms. The molecule has 1 saturated heterocycles. The average Bonchev–Trinajstić information content (AvgIpc) is 2.45. The Kier molecular flexibility index (Phi) is 5.87. The number of carbonyl (C=O) groups is 2. The van der Waals surface area contributed by atoms with Gasteiger partial charge in [0.2, 0.25) is 0 Å². The number of hydrogen-bond donors (Lipinski definition) is 0. The van der Waals surface area contributed by atoms with Crippen molar-refractivity contribution >= 4 is 35.8 Å². The highest BCUT2D eigenvalue weighted by atomic mass is 79.9. The minimum atomic E-state index is -1.12. The van der Waals surface area contributed by atoms with Gasteiger partial charge in [-0.2, -0.15) is 0 Å². The number of halogens is 1. The van der Waals surface area contributed by atoms with Gasteiger partial charge in [-0.15, -0.1) is 0 Å². The van der Waals surface area contributed by atoms with E-state index in [9.17, 15) is 9.59 Å². The molecule has 1 aliphatic carbocycles. The lowest BCUT2D eigenvalue weighted by Gasteiger charge is -2.46. The van der Waals surface area contributed by atoms with Crippen molar-refractivity contribution in [3.63, 3.8) is 0 Å². The second kappa shape index (κ2) is 7.17. The second-order valence-electron chi connectivity index (χ2n) is 7.39. The summed E-state index contributed by atoms with van der Waals surface area (Å²) in [5.74, 6) is -0.475. The Morgan fingerprint density at radius 1 is 1.30 bits per heavy atom. The standard InChI is InChI=1S/C16H25BrO5Si/c1-11-15(19)22-16(7-8-20-9-10-23(2,3)4)6-5-12(18)13(17)14(16)21-11/h5-6,11,13-14H,7-10H2,1-4H3/t11-,13-,14+,16-/m0/s1. The molecule has 0 aromatic rings. The molecule has 2 aliphatic rings. The molecule has 2 rings (SSSR count). The fourth-order valence-corrected chi connectivity index (χ4v) is 4.10. The molecule has 0 unspecified atom stereocenters. The number of allylic oxidation sites excluding steroid dienone is 1. The third kappa shape index (κ3) is 4.52. The lowest BCUT2D eigenvalue weighted by Crippen LogP contribution is -2.61. The van der Waals surface area contributed by atoms with E-state index in [2.05, 4.69) is 35.6 Å². The first-order chi connectivity index (χ1) is 10.6. The van der Waals surface area contributed by atoms with Crippen LogP contribution >= 0.6 is 15.9 Å². The van der Waals surface area contributed by atoms with E-state index in [0.29, 0.717) is 19.6 Å². The smallest absolute Gasteiger partial charge is 0.335 e. The van der Waals surface area contributed by atoms with Crippen LogP contribution < -0.4 is 0 Å². The first kappa shape index (κ1) is 18.8.